The highest BCUT2D eigenvalue weighted by molar-refractivity contribution is 6.35. The summed E-state index contributed by atoms with van der Waals surface area (Å²) in [6.07, 6.45) is 1.70. The van der Waals surface area contributed by atoms with E-state index < -0.39 is 5.97 Å². The molecule has 0 heterocycles. The minimum Gasteiger partial charge on any atom is -0.493 e. The Morgan fingerprint density at radius 1 is 0.938 bits per heavy atom. The van der Waals surface area contributed by atoms with Gasteiger partial charge in [0.05, 0.1) is 23.8 Å². The molecule has 0 fully saturated rings. The number of carbonyl (C=O) groups excluding carboxylic acids is 1. The molecule has 162 valence electrons. The molecule has 0 bridgehead atoms. The quantitative estimate of drug-likeness (QED) is 0.160. The molecule has 0 radical (unpaired) electrons. The summed E-state index contributed by atoms with van der Waals surface area (Å²) in [5, 5.41) is 10.8. The Kier molecular flexibility index (Phi) is 8.02. The van der Waals surface area contributed by atoms with Gasteiger partial charge in [-0.05, 0) is 59.7 Å². The van der Waals surface area contributed by atoms with Gasteiger partial charge < -0.3 is 14.2 Å². The fourth-order valence-corrected chi connectivity index (χ4v) is 3.30. The summed E-state index contributed by atoms with van der Waals surface area (Å²) in [5.74, 6) is 0.207. The van der Waals surface area contributed by atoms with E-state index in [0.717, 1.165) is 5.56 Å². The van der Waals surface area contributed by atoms with Crippen LogP contribution in [0, 0.1) is 11.3 Å². The minimum atomic E-state index is -0.642. The van der Waals surface area contributed by atoms with E-state index in [1.807, 2.05) is 0 Å². The number of benzene rings is 3. The van der Waals surface area contributed by atoms with Gasteiger partial charge >= 0.3 is 5.97 Å². The second kappa shape index (κ2) is 10.9. The molecule has 0 unspecified atom stereocenters. The Labute approximate surface area is 200 Å². The summed E-state index contributed by atoms with van der Waals surface area (Å²) in [7, 11) is 1.45. The average molecular weight is 489 g/mol. The van der Waals surface area contributed by atoms with Crippen molar-refractivity contribution in [3.05, 3.63) is 86.9 Å². The molecule has 0 aliphatic heterocycles. The van der Waals surface area contributed by atoms with Crippen molar-refractivity contribution in [3.8, 4) is 23.3 Å². The van der Waals surface area contributed by atoms with Crippen LogP contribution in [-0.2, 0) is 4.79 Å². The van der Waals surface area contributed by atoms with Gasteiger partial charge in [0.15, 0.2) is 18.1 Å². The lowest BCUT2D eigenvalue weighted by atomic mass is 10.0. The first-order valence-corrected chi connectivity index (χ1v) is 10.4. The van der Waals surface area contributed by atoms with Crippen LogP contribution in [0.1, 0.15) is 11.1 Å². The molecule has 0 aliphatic carbocycles. The number of nitrogens with zero attached hydrogens (tertiary/aromatic N) is 1. The summed E-state index contributed by atoms with van der Waals surface area (Å²) in [4.78, 5) is 12.2. The topological polar surface area (TPSA) is 68.5 Å². The molecule has 3 aromatic rings. The van der Waals surface area contributed by atoms with Crippen LogP contribution in [0.2, 0.25) is 15.1 Å². The highest BCUT2D eigenvalue weighted by Gasteiger charge is 2.13. The molecule has 0 aliphatic rings. The van der Waals surface area contributed by atoms with Crippen LogP contribution in [0.3, 0.4) is 0 Å². The summed E-state index contributed by atoms with van der Waals surface area (Å²) in [5.41, 5.74) is 1.86. The van der Waals surface area contributed by atoms with E-state index in [2.05, 4.69) is 6.07 Å². The number of allylic oxidation sites excluding steroid dienone is 1. The number of hydrogen-bond acceptors (Lipinski definition) is 5. The zero-order valence-corrected chi connectivity index (χ0v) is 19.0. The van der Waals surface area contributed by atoms with Crippen LogP contribution < -0.4 is 14.2 Å². The van der Waals surface area contributed by atoms with Gasteiger partial charge in [-0.15, -0.1) is 0 Å². The predicted molar refractivity (Wildman–Crippen MR) is 126 cm³/mol. The Hall–Kier alpha value is -3.17. The van der Waals surface area contributed by atoms with Gasteiger partial charge in [-0.3, -0.25) is 0 Å². The Morgan fingerprint density at radius 3 is 2.28 bits per heavy atom. The van der Waals surface area contributed by atoms with Gasteiger partial charge in [0.25, 0.3) is 0 Å². The molecule has 3 aromatic carbocycles. The smallest absolute Gasteiger partial charge is 0.349 e. The number of nitriles is 1. The molecular weight excluding hydrogens is 473 g/mol. The van der Waals surface area contributed by atoms with Crippen molar-refractivity contribution in [2.24, 2.45) is 0 Å². The normalized spacial score (nSPS) is 10.9. The first kappa shape index (κ1) is 23.5. The van der Waals surface area contributed by atoms with Gasteiger partial charge in [-0.1, -0.05) is 53.0 Å². The molecule has 8 heteroatoms. The molecule has 32 heavy (non-hydrogen) atoms. The zero-order valence-electron chi connectivity index (χ0n) is 16.8. The third kappa shape index (κ3) is 6.18. The van der Waals surface area contributed by atoms with Crippen molar-refractivity contribution >= 4 is 52.4 Å². The largest absolute Gasteiger partial charge is 0.493 e. The molecule has 0 amide bonds. The van der Waals surface area contributed by atoms with E-state index in [-0.39, 0.29) is 17.4 Å². The maximum atomic E-state index is 12.2. The molecule has 3 rings (SSSR count). The number of rotatable bonds is 7. The lowest BCUT2D eigenvalue weighted by molar-refractivity contribution is -0.136. The number of esters is 1. The first-order valence-electron chi connectivity index (χ1n) is 9.24. The summed E-state index contributed by atoms with van der Waals surface area (Å²) >= 11 is 17.8. The molecule has 0 aromatic heterocycles. The first-order chi connectivity index (χ1) is 15.4. The average Bonchev–Trinajstić information content (AvgIpc) is 2.78. The van der Waals surface area contributed by atoms with Crippen LogP contribution in [0.5, 0.6) is 17.2 Å². The van der Waals surface area contributed by atoms with Crippen molar-refractivity contribution in [2.45, 2.75) is 0 Å². The minimum absolute atomic E-state index is 0.213. The molecule has 0 atom stereocenters. The van der Waals surface area contributed by atoms with Crippen molar-refractivity contribution in [3.63, 3.8) is 0 Å². The fourth-order valence-electron chi connectivity index (χ4n) is 2.72. The predicted octanol–water partition coefficient (Wildman–Crippen LogP) is 6.70. The van der Waals surface area contributed by atoms with Crippen molar-refractivity contribution in [2.75, 3.05) is 13.7 Å². The Morgan fingerprint density at radius 2 is 1.62 bits per heavy atom. The SMILES string of the molecule is COc1cc(C=C(C#N)c2ccc(Cl)cc2)ccc1OC(=O)COc1ccc(Cl)cc1Cl. The lowest BCUT2D eigenvalue weighted by Crippen LogP contribution is -2.18. The van der Waals surface area contributed by atoms with Gasteiger partial charge in [0.2, 0.25) is 0 Å². The monoisotopic (exact) mass is 487 g/mol. The Balaban J connectivity index is 1.72. The fraction of sp³-hybridized carbons (Fsp3) is 0.0833. The summed E-state index contributed by atoms with van der Waals surface area (Å²) in [6.45, 7) is -0.360. The highest BCUT2D eigenvalue weighted by atomic mass is 35.5. The number of halogens is 3. The van der Waals surface area contributed by atoms with E-state index in [9.17, 15) is 10.1 Å². The van der Waals surface area contributed by atoms with Gasteiger partial charge in [0.1, 0.15) is 5.75 Å². The second-order valence-corrected chi connectivity index (χ2v) is 7.70. The second-order valence-electron chi connectivity index (χ2n) is 6.42. The van der Waals surface area contributed by atoms with E-state index in [4.69, 9.17) is 49.0 Å². The van der Waals surface area contributed by atoms with Gasteiger partial charge in [0, 0.05) is 10.0 Å². The van der Waals surface area contributed by atoms with Crippen LogP contribution >= 0.6 is 34.8 Å². The summed E-state index contributed by atoms with van der Waals surface area (Å²) in [6, 6.07) is 18.7. The van der Waals surface area contributed by atoms with Crippen LogP contribution in [-0.4, -0.2) is 19.7 Å². The molecular formula is C24H16Cl3NO4. The van der Waals surface area contributed by atoms with Crippen molar-refractivity contribution in [1.82, 2.24) is 0 Å². The van der Waals surface area contributed by atoms with Crippen LogP contribution in [0.25, 0.3) is 11.6 Å². The number of ether oxygens (including phenoxy) is 3. The molecule has 0 saturated heterocycles. The van der Waals surface area contributed by atoms with E-state index in [1.165, 1.54) is 13.2 Å². The van der Waals surface area contributed by atoms with E-state index >= 15 is 0 Å². The summed E-state index contributed by atoms with van der Waals surface area (Å²) < 4.78 is 16.1. The number of hydrogen-bond donors (Lipinski definition) is 0. The van der Waals surface area contributed by atoms with Gasteiger partial charge in [-0.25, -0.2) is 4.79 Å². The number of carbonyl (C=O) groups is 1. The maximum Gasteiger partial charge on any atom is 0.349 e. The lowest BCUT2D eigenvalue weighted by Gasteiger charge is -2.11. The van der Waals surface area contributed by atoms with Crippen LogP contribution in [0.4, 0.5) is 0 Å². The maximum absolute atomic E-state index is 12.2. The Bertz CT molecular complexity index is 1200. The molecule has 0 N–H and O–H groups in total. The highest BCUT2D eigenvalue weighted by Crippen LogP contribution is 2.31. The zero-order chi connectivity index (χ0) is 23.1. The van der Waals surface area contributed by atoms with Crippen LogP contribution in [0.15, 0.2) is 60.7 Å². The number of methoxy groups -OCH3 is 1. The van der Waals surface area contributed by atoms with E-state index in [0.29, 0.717) is 32.7 Å². The van der Waals surface area contributed by atoms with Crippen molar-refractivity contribution < 1.29 is 19.0 Å². The third-order valence-electron chi connectivity index (χ3n) is 4.24. The van der Waals surface area contributed by atoms with Crippen molar-refractivity contribution in [1.29, 1.82) is 5.26 Å². The molecule has 0 saturated carbocycles. The molecule has 5 nitrogen and oxygen atoms in total. The van der Waals surface area contributed by atoms with Gasteiger partial charge in [-0.2, -0.15) is 5.26 Å². The van der Waals surface area contributed by atoms with E-state index in [1.54, 1.807) is 60.7 Å². The molecule has 0 spiro atoms. The third-order valence-corrected chi connectivity index (χ3v) is 5.02. The standard InChI is InChI=1S/C24H16Cl3NO4/c1-30-23-11-15(10-17(13-28)16-3-5-18(25)6-4-16)2-8-22(23)32-24(29)14-31-21-9-7-19(26)12-20(21)27/h2-12H,14H2,1H3.